The lowest BCUT2D eigenvalue weighted by Crippen LogP contribution is -2.46. The largest absolute Gasteiger partial charge is 0.474 e. The van der Waals surface area contributed by atoms with E-state index in [0.29, 0.717) is 24.8 Å². The molecule has 1 saturated heterocycles. The molecule has 32 heavy (non-hydrogen) atoms. The molecule has 3 heterocycles. The van der Waals surface area contributed by atoms with Gasteiger partial charge in [-0.05, 0) is 24.3 Å². The Morgan fingerprint density at radius 1 is 1.09 bits per heavy atom. The Morgan fingerprint density at radius 2 is 1.81 bits per heavy atom. The smallest absolute Gasteiger partial charge is 0.227 e. The second-order valence-corrected chi connectivity index (χ2v) is 11.3. The molecule has 1 aromatic carbocycles. The maximum absolute atomic E-state index is 12.5. The fourth-order valence-electron chi connectivity index (χ4n) is 3.90. The van der Waals surface area contributed by atoms with Crippen molar-refractivity contribution in [2.24, 2.45) is 5.41 Å². The number of carbonyl (C=O) groups is 1. The lowest BCUT2D eigenvalue weighted by molar-refractivity contribution is -0.141. The van der Waals surface area contributed by atoms with Crippen LogP contribution in [0.25, 0.3) is 16.7 Å². The van der Waals surface area contributed by atoms with Gasteiger partial charge in [-0.3, -0.25) is 4.79 Å². The van der Waals surface area contributed by atoms with Crippen LogP contribution >= 0.6 is 0 Å². The van der Waals surface area contributed by atoms with E-state index in [4.69, 9.17) is 4.74 Å². The van der Waals surface area contributed by atoms with Crippen molar-refractivity contribution in [1.82, 2.24) is 19.4 Å². The number of carbonyl (C=O) groups excluding carboxylic acids is 1. The minimum absolute atomic E-state index is 0.0134. The molecular weight excluding hydrogens is 428 g/mol. The molecule has 0 saturated carbocycles. The summed E-state index contributed by atoms with van der Waals surface area (Å²) in [5.74, 6) is 1.28. The van der Waals surface area contributed by atoms with Crippen molar-refractivity contribution in [3.8, 4) is 11.7 Å². The number of sulfone groups is 1. The fraction of sp³-hybridized carbons (Fsp3) is 0.435. The van der Waals surface area contributed by atoms with Crippen LogP contribution in [0.4, 0.5) is 0 Å². The van der Waals surface area contributed by atoms with Gasteiger partial charge in [0.2, 0.25) is 11.8 Å². The van der Waals surface area contributed by atoms with E-state index in [0.717, 1.165) is 23.7 Å². The van der Waals surface area contributed by atoms with Crippen LogP contribution in [-0.2, 0) is 14.6 Å². The van der Waals surface area contributed by atoms with E-state index in [9.17, 15) is 13.2 Å². The van der Waals surface area contributed by atoms with E-state index in [1.165, 1.54) is 12.6 Å². The van der Waals surface area contributed by atoms with E-state index in [1.54, 1.807) is 24.3 Å². The monoisotopic (exact) mass is 456 g/mol. The minimum Gasteiger partial charge on any atom is -0.474 e. The Bertz CT molecular complexity index is 1250. The lowest BCUT2D eigenvalue weighted by Gasteiger charge is -2.35. The zero-order valence-electron chi connectivity index (χ0n) is 18.8. The Kier molecular flexibility index (Phi) is 5.70. The first-order valence-electron chi connectivity index (χ1n) is 10.6. The van der Waals surface area contributed by atoms with Crippen molar-refractivity contribution >= 4 is 26.6 Å². The summed E-state index contributed by atoms with van der Waals surface area (Å²) in [4.78, 5) is 23.3. The summed E-state index contributed by atoms with van der Waals surface area (Å²) in [7, 11) is -3.27. The number of ether oxygens (including phenoxy) is 1. The molecule has 8 nitrogen and oxygen atoms in total. The van der Waals surface area contributed by atoms with E-state index in [-0.39, 0.29) is 22.3 Å². The number of benzene rings is 1. The number of fused-ring (bicyclic) bond motifs is 1. The first-order chi connectivity index (χ1) is 15.0. The van der Waals surface area contributed by atoms with Crippen LogP contribution < -0.4 is 4.74 Å². The summed E-state index contributed by atoms with van der Waals surface area (Å²) in [6.45, 7) is 7.15. The number of hydrogen-bond donors (Lipinski definition) is 0. The zero-order chi connectivity index (χ0) is 23.1. The molecule has 0 N–H and O–H groups in total. The highest BCUT2D eigenvalue weighted by Crippen LogP contribution is 2.26. The molecule has 2 aromatic heterocycles. The SMILES string of the molecule is CC(C)(C)C(=O)N1CCC(Oc2cc(-n3ccc4cc(S(C)(=O)=O)ccc43)ncn2)CC1. The van der Waals surface area contributed by atoms with Crippen LogP contribution in [0.2, 0.25) is 0 Å². The van der Waals surface area contributed by atoms with Gasteiger partial charge in [0.25, 0.3) is 0 Å². The van der Waals surface area contributed by atoms with Crippen molar-refractivity contribution < 1.29 is 17.9 Å². The fourth-order valence-corrected chi connectivity index (χ4v) is 4.56. The van der Waals surface area contributed by atoms with Gasteiger partial charge >= 0.3 is 0 Å². The third-order valence-corrected chi connectivity index (χ3v) is 6.73. The van der Waals surface area contributed by atoms with E-state index in [2.05, 4.69) is 9.97 Å². The molecule has 0 atom stereocenters. The number of hydrogen-bond acceptors (Lipinski definition) is 6. The van der Waals surface area contributed by atoms with Crippen molar-refractivity contribution in [1.29, 1.82) is 0 Å². The highest BCUT2D eigenvalue weighted by atomic mass is 32.2. The van der Waals surface area contributed by atoms with Gasteiger partial charge in [-0.25, -0.2) is 18.4 Å². The summed E-state index contributed by atoms with van der Waals surface area (Å²) >= 11 is 0. The lowest BCUT2D eigenvalue weighted by atomic mass is 9.93. The molecule has 1 amide bonds. The summed E-state index contributed by atoms with van der Waals surface area (Å²) in [6.07, 6.45) is 5.99. The maximum Gasteiger partial charge on any atom is 0.227 e. The standard InChI is InChI=1S/C23H28N4O4S/c1-23(2,3)22(28)26-10-8-17(9-11-26)31-21-14-20(24-15-25-21)27-12-7-16-13-18(32(4,29)30)5-6-19(16)27/h5-7,12-15,17H,8-11H2,1-4H3. The number of rotatable bonds is 4. The minimum atomic E-state index is -3.27. The van der Waals surface area contributed by atoms with Crippen LogP contribution in [-0.4, -0.2) is 59.2 Å². The predicted molar refractivity (Wildman–Crippen MR) is 122 cm³/mol. The number of piperidine rings is 1. The van der Waals surface area contributed by atoms with Gasteiger partial charge < -0.3 is 14.2 Å². The maximum atomic E-state index is 12.5. The van der Waals surface area contributed by atoms with Gasteiger partial charge in [0, 0.05) is 55.3 Å². The van der Waals surface area contributed by atoms with Gasteiger partial charge in [0.1, 0.15) is 18.2 Å². The van der Waals surface area contributed by atoms with Crippen molar-refractivity contribution in [3.63, 3.8) is 0 Å². The molecule has 0 bridgehead atoms. The third kappa shape index (κ3) is 4.62. The number of aromatic nitrogens is 3. The number of nitrogens with zero attached hydrogens (tertiary/aromatic N) is 4. The molecule has 0 unspecified atom stereocenters. The Balaban J connectivity index is 1.49. The molecule has 170 valence electrons. The first kappa shape index (κ1) is 22.3. The molecule has 0 aliphatic carbocycles. The van der Waals surface area contributed by atoms with E-state index in [1.807, 2.05) is 42.5 Å². The summed E-state index contributed by atoms with van der Waals surface area (Å²) in [6, 6.07) is 8.66. The summed E-state index contributed by atoms with van der Waals surface area (Å²) in [5, 5.41) is 0.810. The summed E-state index contributed by atoms with van der Waals surface area (Å²) in [5.41, 5.74) is 0.465. The second kappa shape index (κ2) is 8.20. The normalized spacial score (nSPS) is 15.8. The zero-order valence-corrected chi connectivity index (χ0v) is 19.6. The number of likely N-dealkylation sites (tertiary alicyclic amines) is 1. The van der Waals surface area contributed by atoms with Gasteiger partial charge in [0.05, 0.1) is 10.4 Å². The van der Waals surface area contributed by atoms with Crippen LogP contribution in [0.3, 0.4) is 0 Å². The van der Waals surface area contributed by atoms with Crippen LogP contribution in [0.15, 0.2) is 47.8 Å². The Hall–Kier alpha value is -2.94. The Labute approximate surface area is 188 Å². The predicted octanol–water partition coefficient (Wildman–Crippen LogP) is 3.24. The highest BCUT2D eigenvalue weighted by molar-refractivity contribution is 7.90. The van der Waals surface area contributed by atoms with Gasteiger partial charge in [0.15, 0.2) is 9.84 Å². The highest BCUT2D eigenvalue weighted by Gasteiger charge is 2.31. The topological polar surface area (TPSA) is 94.4 Å². The van der Waals surface area contributed by atoms with E-state index >= 15 is 0 Å². The van der Waals surface area contributed by atoms with Crippen LogP contribution in [0, 0.1) is 5.41 Å². The third-order valence-electron chi connectivity index (χ3n) is 5.62. The molecule has 0 radical (unpaired) electrons. The number of amides is 1. The summed E-state index contributed by atoms with van der Waals surface area (Å²) < 4.78 is 31.6. The van der Waals surface area contributed by atoms with Gasteiger partial charge in [-0.1, -0.05) is 20.8 Å². The molecule has 9 heteroatoms. The molecular formula is C23H28N4O4S. The van der Waals surface area contributed by atoms with Gasteiger partial charge in [-0.2, -0.15) is 0 Å². The average molecular weight is 457 g/mol. The quantitative estimate of drug-likeness (QED) is 0.598. The average Bonchev–Trinajstić information content (AvgIpc) is 3.16. The molecule has 0 spiro atoms. The molecule has 1 aliphatic rings. The molecule has 1 aliphatic heterocycles. The molecule has 3 aromatic rings. The van der Waals surface area contributed by atoms with Crippen molar-refractivity contribution in [2.75, 3.05) is 19.3 Å². The second-order valence-electron chi connectivity index (χ2n) is 9.25. The van der Waals surface area contributed by atoms with E-state index < -0.39 is 9.84 Å². The van der Waals surface area contributed by atoms with Crippen LogP contribution in [0.5, 0.6) is 5.88 Å². The molecule has 1 fully saturated rings. The first-order valence-corrected chi connectivity index (χ1v) is 12.5. The van der Waals surface area contributed by atoms with Crippen LogP contribution in [0.1, 0.15) is 33.6 Å². The van der Waals surface area contributed by atoms with Crippen molar-refractivity contribution in [2.45, 2.75) is 44.6 Å². The van der Waals surface area contributed by atoms with Crippen molar-refractivity contribution in [3.05, 3.63) is 42.9 Å². The molecule has 4 rings (SSSR count). The Morgan fingerprint density at radius 3 is 2.47 bits per heavy atom. The van der Waals surface area contributed by atoms with Gasteiger partial charge in [-0.15, -0.1) is 0 Å².